The maximum Gasteiger partial charge on any atom is 0.335 e. The molecule has 0 amide bonds. The first-order valence-corrected chi connectivity index (χ1v) is 6.28. The van der Waals surface area contributed by atoms with Crippen molar-refractivity contribution in [1.82, 2.24) is 0 Å². The van der Waals surface area contributed by atoms with Crippen LogP contribution in [0.5, 0.6) is 11.5 Å². The number of hydrogen-bond acceptors (Lipinski definition) is 5. The number of carboxylic acid groups (broad SMARTS) is 1. The Morgan fingerprint density at radius 1 is 1.25 bits per heavy atom. The van der Waals surface area contributed by atoms with Crippen LogP contribution in [-0.4, -0.2) is 37.4 Å². The molecular formula is C14H18O6. The molecule has 0 aliphatic carbocycles. The minimum absolute atomic E-state index is 0.126. The fraction of sp³-hybridized carbons (Fsp3) is 0.429. The zero-order valence-corrected chi connectivity index (χ0v) is 11.5. The van der Waals surface area contributed by atoms with Crippen LogP contribution in [0.2, 0.25) is 0 Å². The van der Waals surface area contributed by atoms with E-state index in [4.69, 9.17) is 19.3 Å². The van der Waals surface area contributed by atoms with Crippen LogP contribution in [-0.2, 0) is 9.53 Å². The maximum absolute atomic E-state index is 11.1. The lowest BCUT2D eigenvalue weighted by Crippen LogP contribution is -2.07. The number of carboxylic acids is 1. The van der Waals surface area contributed by atoms with Gasteiger partial charge in [-0.3, -0.25) is 4.79 Å². The Bertz CT molecular complexity index is 469. The van der Waals surface area contributed by atoms with E-state index < -0.39 is 5.97 Å². The quantitative estimate of drug-likeness (QED) is 0.581. The number of carbonyl (C=O) groups excluding carboxylic acids is 1. The van der Waals surface area contributed by atoms with Gasteiger partial charge in [-0.2, -0.15) is 0 Å². The predicted octanol–water partition coefficient (Wildman–Crippen LogP) is 2.12. The number of rotatable bonds is 8. The van der Waals surface area contributed by atoms with E-state index in [2.05, 4.69) is 0 Å². The zero-order chi connectivity index (χ0) is 15.0. The molecule has 0 atom stereocenters. The van der Waals surface area contributed by atoms with Crippen molar-refractivity contribution in [2.45, 2.75) is 19.8 Å². The summed E-state index contributed by atoms with van der Waals surface area (Å²) in [6.45, 7) is 2.44. The van der Waals surface area contributed by atoms with Gasteiger partial charge in [0.15, 0.2) is 11.5 Å². The summed E-state index contributed by atoms with van der Waals surface area (Å²) in [5, 5.41) is 8.87. The van der Waals surface area contributed by atoms with Crippen molar-refractivity contribution in [3.05, 3.63) is 23.8 Å². The number of carbonyl (C=O) groups is 2. The van der Waals surface area contributed by atoms with E-state index in [0.29, 0.717) is 31.1 Å². The van der Waals surface area contributed by atoms with Gasteiger partial charge in [-0.05, 0) is 31.5 Å². The second-order valence-corrected chi connectivity index (χ2v) is 3.93. The Kier molecular flexibility index (Phi) is 6.36. The summed E-state index contributed by atoms with van der Waals surface area (Å²) < 4.78 is 15.3. The number of hydrogen-bond donors (Lipinski definition) is 1. The minimum atomic E-state index is -1.03. The third-order valence-corrected chi connectivity index (χ3v) is 2.50. The molecule has 0 bridgehead atoms. The van der Waals surface area contributed by atoms with Crippen LogP contribution in [0.1, 0.15) is 30.1 Å². The molecule has 0 radical (unpaired) electrons. The Morgan fingerprint density at radius 2 is 2.00 bits per heavy atom. The summed E-state index contributed by atoms with van der Waals surface area (Å²) >= 11 is 0. The average molecular weight is 282 g/mol. The highest BCUT2D eigenvalue weighted by molar-refractivity contribution is 5.88. The van der Waals surface area contributed by atoms with Gasteiger partial charge in [0.1, 0.15) is 0 Å². The molecule has 0 saturated heterocycles. The fourth-order valence-corrected chi connectivity index (χ4v) is 1.55. The van der Waals surface area contributed by atoms with E-state index in [-0.39, 0.29) is 18.0 Å². The molecule has 0 heterocycles. The van der Waals surface area contributed by atoms with Gasteiger partial charge < -0.3 is 19.3 Å². The van der Waals surface area contributed by atoms with Gasteiger partial charge in [-0.1, -0.05) is 0 Å². The highest BCUT2D eigenvalue weighted by Gasteiger charge is 2.10. The second kappa shape index (κ2) is 8.04. The van der Waals surface area contributed by atoms with E-state index in [1.807, 2.05) is 0 Å². The van der Waals surface area contributed by atoms with Crippen LogP contribution in [0.3, 0.4) is 0 Å². The first-order valence-electron chi connectivity index (χ1n) is 6.28. The van der Waals surface area contributed by atoms with E-state index >= 15 is 0 Å². The summed E-state index contributed by atoms with van der Waals surface area (Å²) in [6.07, 6.45) is 0.798. The van der Waals surface area contributed by atoms with Crippen molar-refractivity contribution < 1.29 is 28.9 Å². The Labute approximate surface area is 117 Å². The van der Waals surface area contributed by atoms with E-state index in [1.165, 1.54) is 25.3 Å². The SMILES string of the molecule is CCOC(=O)CCCOc1ccc(C(=O)O)cc1OC. The molecule has 0 aliphatic rings. The molecular weight excluding hydrogens is 264 g/mol. The number of benzene rings is 1. The highest BCUT2D eigenvalue weighted by Crippen LogP contribution is 2.28. The van der Waals surface area contributed by atoms with Crippen LogP contribution in [0.4, 0.5) is 0 Å². The number of ether oxygens (including phenoxy) is 3. The van der Waals surface area contributed by atoms with Crippen LogP contribution < -0.4 is 9.47 Å². The van der Waals surface area contributed by atoms with Crippen molar-refractivity contribution in [2.24, 2.45) is 0 Å². The molecule has 1 N–H and O–H groups in total. The lowest BCUT2D eigenvalue weighted by molar-refractivity contribution is -0.143. The molecule has 0 aromatic heterocycles. The molecule has 0 saturated carbocycles. The molecule has 6 nitrogen and oxygen atoms in total. The first-order chi connectivity index (χ1) is 9.58. The largest absolute Gasteiger partial charge is 0.493 e. The van der Waals surface area contributed by atoms with Crippen LogP contribution in [0, 0.1) is 0 Å². The summed E-state index contributed by atoms with van der Waals surface area (Å²) in [6, 6.07) is 4.36. The number of methoxy groups -OCH3 is 1. The maximum atomic E-state index is 11.1. The normalized spacial score (nSPS) is 9.90. The molecule has 0 unspecified atom stereocenters. The van der Waals surface area contributed by atoms with Crippen LogP contribution in [0.15, 0.2) is 18.2 Å². The molecule has 0 aliphatic heterocycles. The Balaban J connectivity index is 2.51. The molecule has 1 aromatic carbocycles. The van der Waals surface area contributed by atoms with Crippen LogP contribution >= 0.6 is 0 Å². The van der Waals surface area contributed by atoms with E-state index in [9.17, 15) is 9.59 Å². The molecule has 0 fully saturated rings. The van der Waals surface area contributed by atoms with E-state index in [1.54, 1.807) is 6.92 Å². The standard InChI is InChI=1S/C14H18O6/c1-3-19-13(15)5-4-8-20-11-7-6-10(14(16)17)9-12(11)18-2/h6-7,9H,3-5,8H2,1-2H3,(H,16,17). The second-order valence-electron chi connectivity index (χ2n) is 3.93. The van der Waals surface area contributed by atoms with Gasteiger partial charge in [0.05, 0.1) is 25.9 Å². The highest BCUT2D eigenvalue weighted by atomic mass is 16.5. The molecule has 6 heteroatoms. The Hall–Kier alpha value is -2.24. The van der Waals surface area contributed by atoms with Crippen molar-refractivity contribution >= 4 is 11.9 Å². The van der Waals surface area contributed by atoms with Gasteiger partial charge in [-0.15, -0.1) is 0 Å². The molecule has 0 spiro atoms. The zero-order valence-electron chi connectivity index (χ0n) is 11.5. The summed E-state index contributed by atoms with van der Waals surface area (Å²) in [5.41, 5.74) is 0.126. The lowest BCUT2D eigenvalue weighted by Gasteiger charge is -2.11. The summed E-state index contributed by atoms with van der Waals surface area (Å²) in [4.78, 5) is 22.0. The van der Waals surface area contributed by atoms with Gasteiger partial charge in [0, 0.05) is 6.42 Å². The predicted molar refractivity (Wildman–Crippen MR) is 71.3 cm³/mol. The van der Waals surface area contributed by atoms with Crippen molar-refractivity contribution in [1.29, 1.82) is 0 Å². The Morgan fingerprint density at radius 3 is 2.60 bits per heavy atom. The molecule has 1 rings (SSSR count). The number of esters is 1. The summed E-state index contributed by atoms with van der Waals surface area (Å²) in [5.74, 6) is -0.496. The molecule has 1 aromatic rings. The smallest absolute Gasteiger partial charge is 0.335 e. The van der Waals surface area contributed by atoms with Gasteiger partial charge >= 0.3 is 11.9 Å². The lowest BCUT2D eigenvalue weighted by atomic mass is 10.2. The third kappa shape index (κ3) is 4.79. The third-order valence-electron chi connectivity index (χ3n) is 2.50. The minimum Gasteiger partial charge on any atom is -0.493 e. The van der Waals surface area contributed by atoms with Gasteiger partial charge in [-0.25, -0.2) is 4.79 Å². The summed E-state index contributed by atoms with van der Waals surface area (Å²) in [7, 11) is 1.44. The van der Waals surface area contributed by atoms with Gasteiger partial charge in [0.2, 0.25) is 0 Å². The molecule has 20 heavy (non-hydrogen) atoms. The van der Waals surface area contributed by atoms with Crippen molar-refractivity contribution in [2.75, 3.05) is 20.3 Å². The van der Waals surface area contributed by atoms with Crippen LogP contribution in [0.25, 0.3) is 0 Å². The first kappa shape index (κ1) is 15.8. The topological polar surface area (TPSA) is 82.1 Å². The van der Waals surface area contributed by atoms with Crippen molar-refractivity contribution in [3.8, 4) is 11.5 Å². The van der Waals surface area contributed by atoms with E-state index in [0.717, 1.165) is 0 Å². The fourth-order valence-electron chi connectivity index (χ4n) is 1.55. The van der Waals surface area contributed by atoms with Crippen molar-refractivity contribution in [3.63, 3.8) is 0 Å². The monoisotopic (exact) mass is 282 g/mol. The average Bonchev–Trinajstić information content (AvgIpc) is 2.43. The van der Waals surface area contributed by atoms with Gasteiger partial charge in [0.25, 0.3) is 0 Å². The molecule has 110 valence electrons. The number of aromatic carboxylic acids is 1.